The minimum Gasteiger partial charge on any atom is -0.336 e. The Morgan fingerprint density at radius 1 is 1.44 bits per heavy atom. The molecule has 0 aromatic heterocycles. The van der Waals surface area contributed by atoms with Crippen LogP contribution in [0.15, 0.2) is 18.2 Å². The van der Waals surface area contributed by atoms with E-state index < -0.39 is 5.72 Å². The minimum atomic E-state index is -0.713. The van der Waals surface area contributed by atoms with Crippen molar-refractivity contribution < 1.29 is 9.78 Å². The Hall–Kier alpha value is -1.10. The molecule has 1 atom stereocenters. The summed E-state index contributed by atoms with van der Waals surface area (Å²) in [6, 6.07) is 5.56. The third-order valence-electron chi connectivity index (χ3n) is 2.98. The number of amidine groups is 1. The second-order valence-electron chi connectivity index (χ2n) is 4.00. The molecule has 1 saturated heterocycles. The highest BCUT2D eigenvalue weighted by molar-refractivity contribution is 6.34. The van der Waals surface area contributed by atoms with Gasteiger partial charge in [-0.15, -0.1) is 0 Å². The molecule has 0 bridgehead atoms. The lowest BCUT2D eigenvalue weighted by atomic mass is 9.97. The molecule has 4 nitrogen and oxygen atoms in total. The van der Waals surface area contributed by atoms with Gasteiger partial charge in [0.05, 0.1) is 11.6 Å². The van der Waals surface area contributed by atoms with Gasteiger partial charge >= 0.3 is 0 Å². The third kappa shape index (κ3) is 1.27. The fourth-order valence-corrected chi connectivity index (χ4v) is 2.54. The number of benzene rings is 1. The second kappa shape index (κ2) is 3.45. The van der Waals surface area contributed by atoms with Gasteiger partial charge in [-0.05, 0) is 12.5 Å². The molecule has 0 amide bonds. The number of halogens is 1. The van der Waals surface area contributed by atoms with E-state index >= 15 is 0 Å². The molecule has 1 aromatic rings. The van der Waals surface area contributed by atoms with E-state index in [2.05, 4.69) is 5.32 Å². The summed E-state index contributed by atoms with van der Waals surface area (Å²) in [5.74, 6) is 0.297. The average molecular weight is 239 g/mol. The number of fused-ring (bicyclic) bond motifs is 2. The SMILES string of the molecule is N=C1NC2(CCCOO2)c2cccc(Cl)c21. The second-order valence-corrected chi connectivity index (χ2v) is 4.41. The first-order chi connectivity index (χ1) is 7.73. The summed E-state index contributed by atoms with van der Waals surface area (Å²) >= 11 is 6.09. The van der Waals surface area contributed by atoms with Crippen molar-refractivity contribution >= 4 is 17.4 Å². The Morgan fingerprint density at radius 2 is 2.31 bits per heavy atom. The Bertz CT molecular complexity index is 455. The van der Waals surface area contributed by atoms with Crippen molar-refractivity contribution in [3.8, 4) is 0 Å². The molecular weight excluding hydrogens is 228 g/mol. The fourth-order valence-electron chi connectivity index (χ4n) is 2.27. The molecule has 3 rings (SSSR count). The van der Waals surface area contributed by atoms with Gasteiger partial charge in [0.15, 0.2) is 0 Å². The van der Waals surface area contributed by atoms with Crippen molar-refractivity contribution in [2.45, 2.75) is 18.6 Å². The standard InChI is InChI=1S/C11H11ClN2O2/c12-8-4-1-3-7-9(8)10(13)14-11(7)5-2-6-15-16-11/h1,3-4H,2,5-6H2,(H2,13,14). The van der Waals surface area contributed by atoms with Gasteiger partial charge in [-0.1, -0.05) is 23.7 Å². The highest BCUT2D eigenvalue weighted by Gasteiger charge is 2.45. The highest BCUT2D eigenvalue weighted by Crippen LogP contribution is 2.40. The van der Waals surface area contributed by atoms with E-state index in [0.29, 0.717) is 17.5 Å². The van der Waals surface area contributed by atoms with E-state index in [1.165, 1.54) is 0 Å². The molecule has 2 aliphatic rings. The van der Waals surface area contributed by atoms with Crippen molar-refractivity contribution in [3.63, 3.8) is 0 Å². The molecule has 2 aliphatic heterocycles. The zero-order chi connectivity index (χ0) is 11.2. The predicted molar refractivity (Wildman–Crippen MR) is 59.4 cm³/mol. The van der Waals surface area contributed by atoms with Crippen LogP contribution in [0, 0.1) is 5.41 Å². The molecule has 1 unspecified atom stereocenters. The quantitative estimate of drug-likeness (QED) is 0.681. The molecule has 84 valence electrons. The minimum absolute atomic E-state index is 0.297. The van der Waals surface area contributed by atoms with E-state index in [0.717, 1.165) is 24.0 Å². The van der Waals surface area contributed by atoms with E-state index in [4.69, 9.17) is 26.8 Å². The monoisotopic (exact) mass is 238 g/mol. The van der Waals surface area contributed by atoms with Gasteiger partial charge in [0, 0.05) is 17.5 Å². The molecule has 1 fully saturated rings. The molecule has 0 radical (unpaired) electrons. The zero-order valence-corrected chi connectivity index (χ0v) is 9.30. The maximum atomic E-state index is 7.90. The van der Waals surface area contributed by atoms with Gasteiger partial charge in [0.1, 0.15) is 5.84 Å². The first-order valence-electron chi connectivity index (χ1n) is 5.20. The topological polar surface area (TPSA) is 54.3 Å². The van der Waals surface area contributed by atoms with E-state index in [9.17, 15) is 0 Å². The summed E-state index contributed by atoms with van der Waals surface area (Å²) in [5, 5.41) is 11.5. The van der Waals surface area contributed by atoms with Crippen LogP contribution < -0.4 is 5.32 Å². The van der Waals surface area contributed by atoms with Crippen LogP contribution in [0.4, 0.5) is 0 Å². The van der Waals surface area contributed by atoms with Gasteiger partial charge in [-0.3, -0.25) is 5.41 Å². The van der Waals surface area contributed by atoms with Gasteiger partial charge in [-0.25, -0.2) is 9.78 Å². The van der Waals surface area contributed by atoms with Crippen molar-refractivity contribution in [2.75, 3.05) is 6.61 Å². The summed E-state index contributed by atoms with van der Waals surface area (Å²) < 4.78 is 0. The molecule has 1 spiro atoms. The summed E-state index contributed by atoms with van der Waals surface area (Å²) in [6.45, 7) is 0.590. The predicted octanol–water partition coefficient (Wildman–Crippen LogP) is 2.16. The van der Waals surface area contributed by atoms with Crippen LogP contribution in [-0.4, -0.2) is 12.4 Å². The Morgan fingerprint density at radius 3 is 3.06 bits per heavy atom. The van der Waals surface area contributed by atoms with E-state index in [-0.39, 0.29) is 0 Å². The largest absolute Gasteiger partial charge is 0.336 e. The first-order valence-corrected chi connectivity index (χ1v) is 5.57. The van der Waals surface area contributed by atoms with Crippen molar-refractivity contribution in [1.82, 2.24) is 5.32 Å². The van der Waals surface area contributed by atoms with Crippen molar-refractivity contribution in [2.24, 2.45) is 0 Å². The van der Waals surface area contributed by atoms with Crippen LogP contribution in [0.2, 0.25) is 5.02 Å². The molecule has 0 saturated carbocycles. The maximum absolute atomic E-state index is 7.90. The molecule has 5 heteroatoms. The average Bonchev–Trinajstić information content (AvgIpc) is 2.55. The van der Waals surface area contributed by atoms with Crippen LogP contribution in [0.1, 0.15) is 24.0 Å². The molecule has 2 heterocycles. The van der Waals surface area contributed by atoms with Gasteiger partial charge in [0.2, 0.25) is 5.72 Å². The van der Waals surface area contributed by atoms with Crippen LogP contribution in [0.3, 0.4) is 0 Å². The fraction of sp³-hybridized carbons (Fsp3) is 0.364. The van der Waals surface area contributed by atoms with Gasteiger partial charge < -0.3 is 5.32 Å². The van der Waals surface area contributed by atoms with Gasteiger partial charge in [0.25, 0.3) is 0 Å². The van der Waals surface area contributed by atoms with Crippen LogP contribution >= 0.6 is 11.6 Å². The number of hydrogen-bond acceptors (Lipinski definition) is 3. The van der Waals surface area contributed by atoms with Crippen LogP contribution in [-0.2, 0) is 15.5 Å². The number of rotatable bonds is 0. The Labute approximate surface area is 97.9 Å². The molecular formula is C11H11ClN2O2. The highest BCUT2D eigenvalue weighted by atomic mass is 35.5. The van der Waals surface area contributed by atoms with Crippen LogP contribution in [0.25, 0.3) is 0 Å². The first kappa shape index (κ1) is 10.1. The summed E-state index contributed by atoms with van der Waals surface area (Å²) in [7, 11) is 0. The lowest BCUT2D eigenvalue weighted by Crippen LogP contribution is -2.44. The zero-order valence-electron chi connectivity index (χ0n) is 8.55. The van der Waals surface area contributed by atoms with Crippen molar-refractivity contribution in [3.05, 3.63) is 34.3 Å². The molecule has 1 aromatic carbocycles. The third-order valence-corrected chi connectivity index (χ3v) is 3.30. The van der Waals surface area contributed by atoms with Gasteiger partial charge in [-0.2, -0.15) is 0 Å². The van der Waals surface area contributed by atoms with E-state index in [1.807, 2.05) is 12.1 Å². The normalized spacial score (nSPS) is 27.9. The Balaban J connectivity index is 2.14. The summed E-state index contributed by atoms with van der Waals surface area (Å²) in [4.78, 5) is 10.4. The summed E-state index contributed by atoms with van der Waals surface area (Å²) in [5.41, 5.74) is 0.898. The lowest BCUT2D eigenvalue weighted by molar-refractivity contribution is -0.393. The van der Waals surface area contributed by atoms with E-state index in [1.54, 1.807) is 6.07 Å². The van der Waals surface area contributed by atoms with Crippen molar-refractivity contribution in [1.29, 1.82) is 5.41 Å². The smallest absolute Gasteiger partial charge is 0.200 e. The maximum Gasteiger partial charge on any atom is 0.200 e. The number of hydrogen-bond donors (Lipinski definition) is 2. The lowest BCUT2D eigenvalue weighted by Gasteiger charge is -2.32. The Kier molecular flexibility index (Phi) is 2.17. The molecule has 0 aliphatic carbocycles. The summed E-state index contributed by atoms with van der Waals surface area (Å²) in [6.07, 6.45) is 1.68. The number of nitrogens with one attached hydrogen (secondary N) is 2. The molecule has 2 N–H and O–H groups in total. The van der Waals surface area contributed by atoms with Crippen LogP contribution in [0.5, 0.6) is 0 Å². The molecule has 16 heavy (non-hydrogen) atoms.